The third-order valence-corrected chi connectivity index (χ3v) is 10.2. The lowest BCUT2D eigenvalue weighted by Gasteiger charge is -2.35. The van der Waals surface area contributed by atoms with Crippen molar-refractivity contribution in [3.05, 3.63) is 101 Å². The van der Waals surface area contributed by atoms with Crippen LogP contribution in [0.4, 0.5) is 4.39 Å². The molecule has 0 spiro atoms. The molecule has 0 radical (unpaired) electrons. The summed E-state index contributed by atoms with van der Waals surface area (Å²) >= 11 is 0. The maximum atomic E-state index is 14.0. The zero-order valence-electron chi connectivity index (χ0n) is 30.0. The van der Waals surface area contributed by atoms with Crippen molar-refractivity contribution in [2.24, 2.45) is 11.3 Å². The van der Waals surface area contributed by atoms with E-state index in [4.69, 9.17) is 0 Å². The van der Waals surface area contributed by atoms with E-state index in [-0.39, 0.29) is 42.7 Å². The molecule has 11 heteroatoms. The highest BCUT2D eigenvalue weighted by Gasteiger charge is 2.37. The normalized spacial score (nSPS) is 14.4. The van der Waals surface area contributed by atoms with E-state index in [1.807, 2.05) is 85.7 Å². The summed E-state index contributed by atoms with van der Waals surface area (Å²) < 4.78 is 42.3. The second kappa shape index (κ2) is 16.8. The van der Waals surface area contributed by atoms with Crippen molar-refractivity contribution in [3.63, 3.8) is 0 Å². The van der Waals surface area contributed by atoms with Gasteiger partial charge in [-0.2, -0.15) is 4.31 Å². The molecule has 2 amide bonds. The van der Waals surface area contributed by atoms with Gasteiger partial charge in [0.25, 0.3) is 0 Å². The molecule has 0 saturated heterocycles. The molecule has 0 bridgehead atoms. The number of halogens is 1. The van der Waals surface area contributed by atoms with E-state index in [0.29, 0.717) is 0 Å². The number of nitrogens with one attached hydrogen (secondary N) is 3. The van der Waals surface area contributed by atoms with E-state index in [2.05, 4.69) is 16.0 Å². The third kappa shape index (κ3) is 11.7. The van der Waals surface area contributed by atoms with E-state index in [0.717, 1.165) is 16.7 Å². The van der Waals surface area contributed by atoms with E-state index in [1.165, 1.54) is 16.4 Å². The molecule has 0 fully saturated rings. The first-order valence-corrected chi connectivity index (χ1v) is 18.1. The van der Waals surface area contributed by atoms with Crippen LogP contribution in [0.1, 0.15) is 65.2 Å². The van der Waals surface area contributed by atoms with Gasteiger partial charge in [-0.15, -0.1) is 0 Å². The fourth-order valence-electron chi connectivity index (χ4n) is 5.45. The van der Waals surface area contributed by atoms with E-state index in [1.54, 1.807) is 36.4 Å². The molecule has 268 valence electrons. The molecular weight excluding hydrogens is 644 g/mol. The van der Waals surface area contributed by atoms with E-state index in [9.17, 15) is 27.5 Å². The zero-order valence-corrected chi connectivity index (χ0v) is 30.8. The maximum Gasteiger partial charge on any atom is 0.243 e. The summed E-state index contributed by atoms with van der Waals surface area (Å²) in [6.07, 6.45) is -1.05. The van der Waals surface area contributed by atoms with Gasteiger partial charge in [0.2, 0.25) is 21.8 Å². The highest BCUT2D eigenvalue weighted by atomic mass is 32.2. The van der Waals surface area contributed by atoms with Gasteiger partial charge in [0.15, 0.2) is 0 Å². The highest BCUT2D eigenvalue weighted by molar-refractivity contribution is 7.89. The summed E-state index contributed by atoms with van der Waals surface area (Å²) in [5.41, 5.74) is 1.18. The summed E-state index contributed by atoms with van der Waals surface area (Å²) in [4.78, 5) is 27.3. The van der Waals surface area contributed by atoms with Gasteiger partial charge in [0.05, 0.1) is 23.6 Å². The van der Waals surface area contributed by atoms with Gasteiger partial charge in [0.1, 0.15) is 11.9 Å². The second-order valence-electron chi connectivity index (χ2n) is 14.8. The number of carbonyl (C=O) groups is 2. The standard InChI is InChI=1S/C38H53FN4O5S/c1-26(2)24-43(49(47,48)31-20-14-27(3)15-21-31)25-33(44)32(22-28-12-10-9-11-13-28)41-36(46)35(37(4,5)6)42-34(45)23-40-38(7,8)29-16-18-30(39)19-17-29/h9-21,26,32-33,35,40,44H,22-25H2,1-8H3,(H,41,46)(H,42,45)/t32-,33+,35+/m0/s1. The van der Waals surface area contributed by atoms with Crippen molar-refractivity contribution in [2.75, 3.05) is 19.6 Å². The first-order chi connectivity index (χ1) is 22.8. The molecule has 0 aliphatic heterocycles. The van der Waals surface area contributed by atoms with Gasteiger partial charge in [-0.1, -0.05) is 94.8 Å². The molecule has 0 aliphatic carbocycles. The number of benzene rings is 3. The van der Waals surface area contributed by atoms with Gasteiger partial charge in [0, 0.05) is 18.6 Å². The smallest absolute Gasteiger partial charge is 0.243 e. The number of aliphatic hydroxyl groups is 1. The Labute approximate surface area is 291 Å². The number of carbonyl (C=O) groups excluding carboxylic acids is 2. The van der Waals surface area contributed by atoms with Crippen LogP contribution in [0.5, 0.6) is 0 Å². The number of hydrogen-bond acceptors (Lipinski definition) is 6. The SMILES string of the molecule is Cc1ccc(S(=O)(=O)N(CC(C)C)C[C@@H](O)[C@H](Cc2ccccc2)NC(=O)[C@@H](NC(=O)CNC(C)(C)c2ccc(F)cc2)C(C)(C)C)cc1. The largest absolute Gasteiger partial charge is 0.390 e. The van der Waals surface area contributed by atoms with Crippen molar-refractivity contribution in [2.45, 2.75) is 90.4 Å². The monoisotopic (exact) mass is 696 g/mol. The second-order valence-corrected chi connectivity index (χ2v) is 16.7. The van der Waals surface area contributed by atoms with Crippen molar-refractivity contribution >= 4 is 21.8 Å². The van der Waals surface area contributed by atoms with Crippen LogP contribution in [0.2, 0.25) is 0 Å². The van der Waals surface area contributed by atoms with Crippen LogP contribution in [-0.4, -0.2) is 67.5 Å². The fraction of sp³-hybridized carbons (Fsp3) is 0.474. The molecule has 0 aromatic heterocycles. The minimum atomic E-state index is -3.96. The molecule has 3 atom stereocenters. The Balaban J connectivity index is 1.83. The molecule has 0 aliphatic rings. The minimum Gasteiger partial charge on any atom is -0.390 e. The first-order valence-electron chi connectivity index (χ1n) is 16.7. The number of nitrogens with zero attached hydrogens (tertiary/aromatic N) is 1. The Morgan fingerprint density at radius 3 is 2.00 bits per heavy atom. The van der Waals surface area contributed by atoms with Crippen molar-refractivity contribution in [1.82, 2.24) is 20.3 Å². The minimum absolute atomic E-state index is 0.0308. The lowest BCUT2D eigenvalue weighted by atomic mass is 9.85. The van der Waals surface area contributed by atoms with Gasteiger partial charge >= 0.3 is 0 Å². The molecule has 0 heterocycles. The van der Waals surface area contributed by atoms with Gasteiger partial charge in [-0.05, 0) is 73.9 Å². The summed E-state index contributed by atoms with van der Waals surface area (Å²) in [6, 6.07) is 20.1. The summed E-state index contributed by atoms with van der Waals surface area (Å²) in [5, 5.41) is 20.7. The topological polar surface area (TPSA) is 128 Å². The number of amides is 2. The summed E-state index contributed by atoms with van der Waals surface area (Å²) in [7, 11) is -3.96. The van der Waals surface area contributed by atoms with Crippen LogP contribution >= 0.6 is 0 Å². The van der Waals surface area contributed by atoms with Crippen LogP contribution in [0.25, 0.3) is 0 Å². The van der Waals surface area contributed by atoms with Crippen molar-refractivity contribution in [1.29, 1.82) is 0 Å². The molecule has 0 unspecified atom stereocenters. The molecule has 4 N–H and O–H groups in total. The Morgan fingerprint density at radius 1 is 0.857 bits per heavy atom. The Morgan fingerprint density at radius 2 is 1.45 bits per heavy atom. The lowest BCUT2D eigenvalue weighted by molar-refractivity contribution is -0.132. The summed E-state index contributed by atoms with van der Waals surface area (Å²) in [6.45, 7) is 14.7. The molecule has 3 aromatic rings. The molecule has 49 heavy (non-hydrogen) atoms. The average Bonchev–Trinajstić information content (AvgIpc) is 3.02. The van der Waals surface area contributed by atoms with Crippen LogP contribution in [-0.2, 0) is 31.6 Å². The van der Waals surface area contributed by atoms with Crippen LogP contribution < -0.4 is 16.0 Å². The number of sulfonamides is 1. The number of aryl methyl sites for hydroxylation is 1. The predicted octanol–water partition coefficient (Wildman–Crippen LogP) is 4.93. The van der Waals surface area contributed by atoms with Gasteiger partial charge in [-0.25, -0.2) is 12.8 Å². The highest BCUT2D eigenvalue weighted by Crippen LogP contribution is 2.23. The number of hydrogen-bond donors (Lipinski definition) is 4. The van der Waals surface area contributed by atoms with Gasteiger partial charge in [-0.3, -0.25) is 14.9 Å². The zero-order chi connectivity index (χ0) is 36.6. The van der Waals surface area contributed by atoms with Crippen LogP contribution in [0.3, 0.4) is 0 Å². The first kappa shape index (κ1) is 39.8. The quantitative estimate of drug-likeness (QED) is 0.168. The molecule has 3 aromatic carbocycles. The Bertz CT molecular complexity index is 1620. The molecule has 0 saturated carbocycles. The van der Waals surface area contributed by atoms with Crippen LogP contribution in [0, 0.1) is 24.1 Å². The number of rotatable bonds is 16. The fourth-order valence-corrected chi connectivity index (χ4v) is 7.07. The lowest BCUT2D eigenvalue weighted by Crippen LogP contribution is -2.59. The summed E-state index contributed by atoms with van der Waals surface area (Å²) in [5.74, 6) is -1.31. The molecule has 3 rings (SSSR count). The van der Waals surface area contributed by atoms with Crippen molar-refractivity contribution < 1.29 is 27.5 Å². The average molecular weight is 697 g/mol. The van der Waals surface area contributed by atoms with E-state index < -0.39 is 51.0 Å². The predicted molar refractivity (Wildman–Crippen MR) is 192 cm³/mol. The van der Waals surface area contributed by atoms with E-state index >= 15 is 0 Å². The Hall–Kier alpha value is -3.64. The Kier molecular flexibility index (Phi) is 13.7. The van der Waals surface area contributed by atoms with Crippen molar-refractivity contribution in [3.8, 4) is 0 Å². The third-order valence-electron chi connectivity index (χ3n) is 8.40. The number of aliphatic hydroxyl groups excluding tert-OH is 1. The van der Waals surface area contributed by atoms with Crippen LogP contribution in [0.15, 0.2) is 83.8 Å². The maximum absolute atomic E-state index is 14.0. The molecular formula is C38H53FN4O5S. The van der Waals surface area contributed by atoms with Gasteiger partial charge < -0.3 is 15.7 Å². The molecule has 9 nitrogen and oxygen atoms in total.